The molecular weight excluding hydrogens is 346 g/mol. The van der Waals surface area contributed by atoms with Gasteiger partial charge in [-0.15, -0.1) is 0 Å². The predicted molar refractivity (Wildman–Crippen MR) is 111 cm³/mol. The molecule has 1 aliphatic heterocycles. The molecule has 0 N–H and O–H groups in total. The molecule has 0 unspecified atom stereocenters. The summed E-state index contributed by atoms with van der Waals surface area (Å²) in [7, 11) is 0. The van der Waals surface area contributed by atoms with Crippen LogP contribution < -0.4 is 9.47 Å². The van der Waals surface area contributed by atoms with E-state index < -0.39 is 0 Å². The molecular formula is C25H17NO2. The predicted octanol–water partition coefficient (Wildman–Crippen LogP) is 5.84. The Bertz CT molecular complexity index is 1300. The van der Waals surface area contributed by atoms with Gasteiger partial charge in [0.05, 0.1) is 11.2 Å². The zero-order valence-corrected chi connectivity index (χ0v) is 15.4. The van der Waals surface area contributed by atoms with Crippen LogP contribution in [-0.4, -0.2) is 11.8 Å². The number of benzene rings is 3. The Morgan fingerprint density at radius 1 is 0.821 bits per heavy atom. The second-order valence-electron chi connectivity index (χ2n) is 7.30. The van der Waals surface area contributed by atoms with E-state index in [0.29, 0.717) is 0 Å². The Morgan fingerprint density at radius 3 is 2.68 bits per heavy atom. The molecule has 1 aromatic heterocycles. The molecule has 3 aromatic carbocycles. The van der Waals surface area contributed by atoms with Gasteiger partial charge in [-0.1, -0.05) is 42.0 Å². The number of aryl methyl sites for hydroxylation is 1. The maximum atomic E-state index is 5.55. The Morgan fingerprint density at radius 2 is 1.71 bits per heavy atom. The minimum atomic E-state index is 0.288. The van der Waals surface area contributed by atoms with Crippen LogP contribution in [0.25, 0.3) is 33.8 Å². The third-order valence-corrected chi connectivity index (χ3v) is 5.44. The van der Waals surface area contributed by atoms with E-state index in [-0.39, 0.29) is 6.79 Å². The molecule has 3 nitrogen and oxygen atoms in total. The minimum Gasteiger partial charge on any atom is -0.454 e. The Labute approximate surface area is 162 Å². The summed E-state index contributed by atoms with van der Waals surface area (Å²) in [6.45, 7) is 2.41. The number of hydrogen-bond donors (Lipinski definition) is 0. The Kier molecular flexibility index (Phi) is 3.15. The van der Waals surface area contributed by atoms with Crippen LogP contribution in [0.2, 0.25) is 0 Å². The van der Waals surface area contributed by atoms with Crippen LogP contribution in [0.1, 0.15) is 22.3 Å². The van der Waals surface area contributed by atoms with Crippen molar-refractivity contribution in [2.75, 3.05) is 6.79 Å². The molecule has 0 amide bonds. The van der Waals surface area contributed by atoms with E-state index in [1.54, 1.807) is 0 Å². The number of para-hydroxylation sites is 1. The van der Waals surface area contributed by atoms with Crippen molar-refractivity contribution in [1.29, 1.82) is 0 Å². The van der Waals surface area contributed by atoms with Gasteiger partial charge in [-0.2, -0.15) is 0 Å². The van der Waals surface area contributed by atoms with Gasteiger partial charge in [0.2, 0.25) is 6.79 Å². The van der Waals surface area contributed by atoms with Gasteiger partial charge in [-0.3, -0.25) is 0 Å². The van der Waals surface area contributed by atoms with Crippen LogP contribution in [0.15, 0.2) is 66.7 Å². The molecule has 2 aliphatic rings. The second kappa shape index (κ2) is 5.70. The molecule has 0 atom stereocenters. The Balaban J connectivity index is 1.61. The van der Waals surface area contributed by atoms with Crippen LogP contribution in [0.3, 0.4) is 0 Å². The molecule has 2 heterocycles. The molecule has 0 saturated carbocycles. The standard InChI is InChI=1S/C25H17NO2/c1-15-6-8-18-19(11-16-7-9-23-24(12-16)28-14-27-23)21-13-17-4-2-3-5-22(17)26-25(21)20(18)10-15/h2-13H,14H2,1H3/b19-11+. The molecule has 4 aromatic rings. The molecule has 1 aliphatic carbocycles. The highest BCUT2D eigenvalue weighted by Gasteiger charge is 2.25. The van der Waals surface area contributed by atoms with Gasteiger partial charge in [0.1, 0.15) is 0 Å². The highest BCUT2D eigenvalue weighted by molar-refractivity contribution is 6.07. The van der Waals surface area contributed by atoms with Crippen molar-refractivity contribution < 1.29 is 9.47 Å². The SMILES string of the molecule is Cc1ccc2c(c1)-c1nc3ccccc3cc1/C2=C/c1ccc2c(c1)OCO2. The van der Waals surface area contributed by atoms with Gasteiger partial charge in [0, 0.05) is 16.5 Å². The largest absolute Gasteiger partial charge is 0.454 e. The number of aromatic nitrogens is 1. The summed E-state index contributed by atoms with van der Waals surface area (Å²) in [5.41, 5.74) is 9.21. The van der Waals surface area contributed by atoms with Crippen molar-refractivity contribution in [3.05, 3.63) is 89.0 Å². The fraction of sp³-hybridized carbons (Fsp3) is 0.0800. The topological polar surface area (TPSA) is 31.4 Å². The first kappa shape index (κ1) is 15.5. The molecule has 3 heteroatoms. The van der Waals surface area contributed by atoms with Crippen molar-refractivity contribution in [2.45, 2.75) is 6.92 Å². The maximum absolute atomic E-state index is 5.55. The lowest BCUT2D eigenvalue weighted by atomic mass is 9.99. The molecule has 0 spiro atoms. The number of ether oxygens (including phenoxy) is 2. The minimum absolute atomic E-state index is 0.288. The summed E-state index contributed by atoms with van der Waals surface area (Å²) in [6, 6.07) is 23.2. The fourth-order valence-electron chi connectivity index (χ4n) is 4.09. The molecule has 0 saturated heterocycles. The summed E-state index contributed by atoms with van der Waals surface area (Å²) in [6.07, 6.45) is 2.22. The summed E-state index contributed by atoms with van der Waals surface area (Å²) in [4.78, 5) is 5.00. The van der Waals surface area contributed by atoms with E-state index in [0.717, 1.165) is 33.7 Å². The van der Waals surface area contributed by atoms with E-state index in [4.69, 9.17) is 14.5 Å². The highest BCUT2D eigenvalue weighted by Crippen LogP contribution is 2.46. The number of hydrogen-bond acceptors (Lipinski definition) is 3. The maximum Gasteiger partial charge on any atom is 0.231 e. The van der Waals surface area contributed by atoms with E-state index >= 15 is 0 Å². The van der Waals surface area contributed by atoms with Crippen LogP contribution in [-0.2, 0) is 0 Å². The molecule has 0 bridgehead atoms. The average Bonchev–Trinajstić information content (AvgIpc) is 3.29. The van der Waals surface area contributed by atoms with Gasteiger partial charge in [0.25, 0.3) is 0 Å². The lowest BCUT2D eigenvalue weighted by Gasteiger charge is -2.05. The van der Waals surface area contributed by atoms with E-state index in [2.05, 4.69) is 61.5 Å². The van der Waals surface area contributed by atoms with Crippen molar-refractivity contribution in [1.82, 2.24) is 4.98 Å². The van der Waals surface area contributed by atoms with Crippen molar-refractivity contribution in [2.24, 2.45) is 0 Å². The summed E-state index contributed by atoms with van der Waals surface area (Å²) in [5, 5.41) is 1.15. The highest BCUT2D eigenvalue weighted by atomic mass is 16.7. The van der Waals surface area contributed by atoms with Crippen molar-refractivity contribution in [3.63, 3.8) is 0 Å². The Hall–Kier alpha value is -3.59. The third-order valence-electron chi connectivity index (χ3n) is 5.44. The van der Waals surface area contributed by atoms with Gasteiger partial charge < -0.3 is 9.47 Å². The van der Waals surface area contributed by atoms with Crippen LogP contribution in [0, 0.1) is 6.92 Å². The monoisotopic (exact) mass is 363 g/mol. The van der Waals surface area contributed by atoms with E-state index in [1.807, 2.05) is 18.2 Å². The molecule has 6 rings (SSSR count). The first-order chi connectivity index (χ1) is 13.8. The summed E-state index contributed by atoms with van der Waals surface area (Å²) >= 11 is 0. The number of pyridine rings is 1. The second-order valence-corrected chi connectivity index (χ2v) is 7.30. The lowest BCUT2D eigenvalue weighted by Crippen LogP contribution is -1.92. The van der Waals surface area contributed by atoms with Gasteiger partial charge in [-0.25, -0.2) is 4.98 Å². The van der Waals surface area contributed by atoms with Crippen molar-refractivity contribution >= 4 is 22.6 Å². The first-order valence-corrected chi connectivity index (χ1v) is 9.39. The van der Waals surface area contributed by atoms with Crippen molar-refractivity contribution in [3.8, 4) is 22.8 Å². The number of fused-ring (bicyclic) bond motifs is 5. The first-order valence-electron chi connectivity index (χ1n) is 9.39. The number of nitrogens with zero attached hydrogens (tertiary/aromatic N) is 1. The third kappa shape index (κ3) is 2.26. The zero-order valence-electron chi connectivity index (χ0n) is 15.4. The average molecular weight is 363 g/mol. The molecule has 28 heavy (non-hydrogen) atoms. The molecule has 134 valence electrons. The number of rotatable bonds is 1. The summed E-state index contributed by atoms with van der Waals surface area (Å²) in [5.74, 6) is 1.60. The molecule has 0 fully saturated rings. The van der Waals surface area contributed by atoms with Gasteiger partial charge in [0.15, 0.2) is 11.5 Å². The fourth-order valence-corrected chi connectivity index (χ4v) is 4.09. The zero-order chi connectivity index (χ0) is 18.7. The van der Waals surface area contributed by atoms with Crippen LogP contribution >= 0.6 is 0 Å². The smallest absolute Gasteiger partial charge is 0.231 e. The van der Waals surface area contributed by atoms with Crippen LogP contribution in [0.5, 0.6) is 11.5 Å². The van der Waals surface area contributed by atoms with Gasteiger partial charge in [-0.05, 0) is 60.0 Å². The van der Waals surface area contributed by atoms with Gasteiger partial charge >= 0.3 is 0 Å². The summed E-state index contributed by atoms with van der Waals surface area (Å²) < 4.78 is 11.0. The lowest BCUT2D eigenvalue weighted by molar-refractivity contribution is 0.174. The van der Waals surface area contributed by atoms with E-state index in [1.165, 1.54) is 27.8 Å². The molecule has 0 radical (unpaired) electrons. The van der Waals surface area contributed by atoms with Crippen LogP contribution in [0.4, 0.5) is 0 Å². The van der Waals surface area contributed by atoms with E-state index in [9.17, 15) is 0 Å². The normalized spacial score (nSPS) is 15.1. The quantitative estimate of drug-likeness (QED) is 0.375.